The molecule has 0 fully saturated rings. The van der Waals surface area contributed by atoms with Crippen molar-refractivity contribution in [1.29, 1.82) is 0 Å². The van der Waals surface area contributed by atoms with Crippen molar-refractivity contribution in [2.24, 2.45) is 5.73 Å². The molecule has 1 aromatic rings. The predicted molar refractivity (Wildman–Crippen MR) is 60.8 cm³/mol. The zero-order valence-corrected chi connectivity index (χ0v) is 9.21. The summed E-state index contributed by atoms with van der Waals surface area (Å²) in [4.78, 5) is 17.4. The first-order valence-electron chi connectivity index (χ1n) is 5.17. The van der Waals surface area contributed by atoms with Crippen molar-refractivity contribution in [2.45, 2.75) is 32.2 Å². The molecule has 1 rings (SSSR count). The van der Waals surface area contributed by atoms with E-state index in [0.29, 0.717) is 12.4 Å². The number of aromatic nitrogens is 2. The Labute approximate surface area is 89.1 Å². The van der Waals surface area contributed by atoms with Crippen LogP contribution in [0.2, 0.25) is 0 Å². The molecule has 0 aliphatic rings. The number of nitrogens with one attached hydrogen (secondary N) is 2. The first kappa shape index (κ1) is 11.7. The second kappa shape index (κ2) is 4.93. The van der Waals surface area contributed by atoms with E-state index in [1.165, 1.54) is 12.4 Å². The van der Waals surface area contributed by atoms with Crippen molar-refractivity contribution in [3.8, 4) is 0 Å². The lowest BCUT2D eigenvalue weighted by Gasteiger charge is -2.26. The summed E-state index contributed by atoms with van der Waals surface area (Å²) in [5, 5.41) is 3.07. The quantitative estimate of drug-likeness (QED) is 0.668. The highest BCUT2D eigenvalue weighted by Gasteiger charge is 2.19. The predicted octanol–water partition coefficient (Wildman–Crippen LogP) is 0.699. The second-order valence-electron chi connectivity index (χ2n) is 3.72. The fraction of sp³-hybridized carbons (Fsp3) is 0.600. The normalized spacial score (nSPS) is 11.4. The van der Waals surface area contributed by atoms with Crippen LogP contribution >= 0.6 is 0 Å². The lowest BCUT2D eigenvalue weighted by Crippen LogP contribution is -2.45. The summed E-state index contributed by atoms with van der Waals surface area (Å²) in [6.07, 6.45) is 3.15. The van der Waals surface area contributed by atoms with Crippen LogP contribution in [0.25, 0.3) is 0 Å². The van der Waals surface area contributed by atoms with E-state index in [9.17, 15) is 4.79 Å². The molecule has 0 bridgehead atoms. The van der Waals surface area contributed by atoms with Gasteiger partial charge in [0.25, 0.3) is 5.56 Å². The molecule has 5 nitrogen and oxygen atoms in total. The van der Waals surface area contributed by atoms with Gasteiger partial charge in [-0.2, -0.15) is 0 Å². The van der Waals surface area contributed by atoms with Crippen LogP contribution in [0.1, 0.15) is 26.7 Å². The monoisotopic (exact) mass is 210 g/mol. The Balaban J connectivity index is 2.60. The smallest absolute Gasteiger partial charge is 0.252 e. The highest BCUT2D eigenvalue weighted by atomic mass is 16.1. The van der Waals surface area contributed by atoms with E-state index in [-0.39, 0.29) is 11.1 Å². The van der Waals surface area contributed by atoms with Gasteiger partial charge in [0.15, 0.2) is 0 Å². The molecule has 84 valence electrons. The SMILES string of the molecule is CCC(N)(CC)CNc1cc(=O)[nH]cn1. The lowest BCUT2D eigenvalue weighted by molar-refractivity contribution is 0.418. The van der Waals surface area contributed by atoms with Gasteiger partial charge in [0, 0.05) is 18.2 Å². The van der Waals surface area contributed by atoms with Crippen LogP contribution in [-0.2, 0) is 0 Å². The van der Waals surface area contributed by atoms with Crippen molar-refractivity contribution >= 4 is 5.82 Å². The van der Waals surface area contributed by atoms with Crippen LogP contribution < -0.4 is 16.6 Å². The van der Waals surface area contributed by atoms with Crippen LogP contribution in [0.3, 0.4) is 0 Å². The molecule has 0 aromatic carbocycles. The van der Waals surface area contributed by atoms with Gasteiger partial charge < -0.3 is 16.0 Å². The van der Waals surface area contributed by atoms with E-state index >= 15 is 0 Å². The maximum atomic E-state index is 11.0. The molecule has 0 aliphatic carbocycles. The lowest BCUT2D eigenvalue weighted by atomic mass is 9.94. The number of nitrogens with two attached hydrogens (primary N) is 1. The Morgan fingerprint density at radius 2 is 2.20 bits per heavy atom. The molecule has 0 saturated heterocycles. The van der Waals surface area contributed by atoms with E-state index in [2.05, 4.69) is 29.1 Å². The van der Waals surface area contributed by atoms with Gasteiger partial charge in [-0.15, -0.1) is 0 Å². The Morgan fingerprint density at radius 1 is 1.53 bits per heavy atom. The van der Waals surface area contributed by atoms with Crippen molar-refractivity contribution < 1.29 is 0 Å². The molecule has 4 N–H and O–H groups in total. The number of H-pyrrole nitrogens is 1. The third-order valence-electron chi connectivity index (χ3n) is 2.71. The van der Waals surface area contributed by atoms with E-state index in [1.54, 1.807) is 0 Å². The van der Waals surface area contributed by atoms with E-state index < -0.39 is 0 Å². The molecule has 0 saturated carbocycles. The van der Waals surface area contributed by atoms with Gasteiger partial charge >= 0.3 is 0 Å². The highest BCUT2D eigenvalue weighted by molar-refractivity contribution is 5.32. The third kappa shape index (κ3) is 3.36. The van der Waals surface area contributed by atoms with Gasteiger partial charge in [-0.05, 0) is 12.8 Å². The molecule has 0 amide bonds. The average Bonchev–Trinajstić information content (AvgIpc) is 2.26. The first-order valence-corrected chi connectivity index (χ1v) is 5.17. The molecule has 0 atom stereocenters. The zero-order valence-electron chi connectivity index (χ0n) is 9.21. The Hall–Kier alpha value is -1.36. The summed E-state index contributed by atoms with van der Waals surface area (Å²) < 4.78 is 0. The molecule has 1 aromatic heterocycles. The number of anilines is 1. The third-order valence-corrected chi connectivity index (χ3v) is 2.71. The van der Waals surface area contributed by atoms with Gasteiger partial charge in [0.1, 0.15) is 5.82 Å². The first-order chi connectivity index (χ1) is 7.09. The van der Waals surface area contributed by atoms with Crippen LogP contribution in [-0.4, -0.2) is 22.1 Å². The van der Waals surface area contributed by atoms with Gasteiger partial charge in [0.05, 0.1) is 6.33 Å². The molecule has 0 aliphatic heterocycles. The van der Waals surface area contributed by atoms with Crippen LogP contribution in [0, 0.1) is 0 Å². The molecule has 5 heteroatoms. The van der Waals surface area contributed by atoms with Crippen molar-refractivity contribution in [1.82, 2.24) is 9.97 Å². The largest absolute Gasteiger partial charge is 0.368 e. The minimum atomic E-state index is -0.232. The molecule has 15 heavy (non-hydrogen) atoms. The summed E-state index contributed by atoms with van der Waals surface area (Å²) >= 11 is 0. The second-order valence-corrected chi connectivity index (χ2v) is 3.72. The number of hydrogen-bond donors (Lipinski definition) is 3. The standard InChI is InChI=1S/C10H18N4O/c1-3-10(11,4-2)6-12-8-5-9(15)14-7-13-8/h5,7H,3-4,6,11H2,1-2H3,(H2,12,13,14,15). The molecule has 1 heterocycles. The minimum absolute atomic E-state index is 0.164. The number of rotatable bonds is 5. The van der Waals surface area contributed by atoms with Crippen molar-refractivity contribution in [3.05, 3.63) is 22.7 Å². The molecule has 0 spiro atoms. The average molecular weight is 210 g/mol. The molecular formula is C10H18N4O. The van der Waals surface area contributed by atoms with Crippen LogP contribution in [0.4, 0.5) is 5.82 Å². The van der Waals surface area contributed by atoms with Crippen LogP contribution in [0.15, 0.2) is 17.2 Å². The van der Waals surface area contributed by atoms with Crippen LogP contribution in [0.5, 0.6) is 0 Å². The highest BCUT2D eigenvalue weighted by Crippen LogP contribution is 2.11. The Morgan fingerprint density at radius 3 is 2.73 bits per heavy atom. The fourth-order valence-corrected chi connectivity index (χ4v) is 1.23. The minimum Gasteiger partial charge on any atom is -0.368 e. The van der Waals surface area contributed by atoms with Crippen molar-refractivity contribution in [2.75, 3.05) is 11.9 Å². The number of nitrogens with zero attached hydrogens (tertiary/aromatic N) is 1. The summed E-state index contributed by atoms with van der Waals surface area (Å²) in [5.74, 6) is 0.565. The summed E-state index contributed by atoms with van der Waals surface area (Å²) in [5.41, 5.74) is 5.71. The maximum Gasteiger partial charge on any atom is 0.252 e. The molecular weight excluding hydrogens is 192 g/mol. The van der Waals surface area contributed by atoms with Crippen molar-refractivity contribution in [3.63, 3.8) is 0 Å². The Bertz CT molecular complexity index is 356. The Kier molecular flexibility index (Phi) is 3.85. The van der Waals surface area contributed by atoms with E-state index in [1.807, 2.05) is 0 Å². The van der Waals surface area contributed by atoms with Gasteiger partial charge in [-0.25, -0.2) is 4.98 Å². The summed E-state index contributed by atoms with van der Waals surface area (Å²) in [6.45, 7) is 4.73. The molecule has 0 unspecified atom stereocenters. The van der Waals surface area contributed by atoms with E-state index in [4.69, 9.17) is 5.73 Å². The summed E-state index contributed by atoms with van der Waals surface area (Å²) in [7, 11) is 0. The molecule has 0 radical (unpaired) electrons. The summed E-state index contributed by atoms with van der Waals surface area (Å²) in [6, 6.07) is 1.42. The van der Waals surface area contributed by atoms with Gasteiger partial charge in [-0.1, -0.05) is 13.8 Å². The fourth-order valence-electron chi connectivity index (χ4n) is 1.23. The number of hydrogen-bond acceptors (Lipinski definition) is 4. The van der Waals surface area contributed by atoms with Gasteiger partial charge in [-0.3, -0.25) is 4.79 Å². The van der Waals surface area contributed by atoms with Gasteiger partial charge in [0.2, 0.25) is 0 Å². The van der Waals surface area contributed by atoms with E-state index in [0.717, 1.165) is 12.8 Å². The number of aromatic amines is 1. The topological polar surface area (TPSA) is 83.8 Å². The maximum absolute atomic E-state index is 11.0. The zero-order chi connectivity index (χ0) is 11.3.